The van der Waals surface area contributed by atoms with Crippen molar-refractivity contribution in [1.29, 1.82) is 0 Å². The Kier molecular flexibility index (Phi) is 9.00. The molecule has 0 amide bonds. The molecular formula is C11H24ClN. The van der Waals surface area contributed by atoms with Crippen molar-refractivity contribution in [2.75, 3.05) is 25.5 Å². The normalized spacial score (nSPS) is 11.5. The fourth-order valence-electron chi connectivity index (χ4n) is 1.50. The average molecular weight is 206 g/mol. The van der Waals surface area contributed by atoms with Crippen LogP contribution in [0.3, 0.4) is 0 Å². The predicted molar refractivity (Wildman–Crippen MR) is 61.5 cm³/mol. The minimum atomic E-state index is 0.785. The fraction of sp³-hybridized carbons (Fsp3) is 1.00. The lowest BCUT2D eigenvalue weighted by Crippen LogP contribution is -2.28. The van der Waals surface area contributed by atoms with Gasteiger partial charge in [-0.25, -0.2) is 0 Å². The van der Waals surface area contributed by atoms with E-state index in [2.05, 4.69) is 25.7 Å². The molecule has 0 atom stereocenters. The molecule has 0 aliphatic rings. The fourth-order valence-corrected chi connectivity index (χ4v) is 1.69. The first-order chi connectivity index (χ1) is 6.20. The molecule has 0 saturated heterocycles. The van der Waals surface area contributed by atoms with Gasteiger partial charge in [0.2, 0.25) is 0 Å². The quantitative estimate of drug-likeness (QED) is 0.434. The molecule has 0 aromatic rings. The van der Waals surface area contributed by atoms with Gasteiger partial charge in [0.1, 0.15) is 0 Å². The summed E-state index contributed by atoms with van der Waals surface area (Å²) < 4.78 is 0. The Morgan fingerprint density at radius 3 is 2.31 bits per heavy atom. The largest absolute Gasteiger partial charge is 0.303 e. The Labute approximate surface area is 88.5 Å². The van der Waals surface area contributed by atoms with Crippen LogP contribution in [0.1, 0.15) is 40.0 Å². The van der Waals surface area contributed by atoms with Gasteiger partial charge in [-0.15, -0.1) is 11.6 Å². The molecule has 0 bridgehead atoms. The van der Waals surface area contributed by atoms with Crippen LogP contribution in [-0.4, -0.2) is 30.4 Å². The van der Waals surface area contributed by atoms with E-state index >= 15 is 0 Å². The van der Waals surface area contributed by atoms with E-state index in [0.717, 1.165) is 11.8 Å². The van der Waals surface area contributed by atoms with Crippen LogP contribution in [0.2, 0.25) is 0 Å². The Hall–Kier alpha value is 0.250. The lowest BCUT2D eigenvalue weighted by atomic mass is 10.2. The van der Waals surface area contributed by atoms with Crippen molar-refractivity contribution in [3.05, 3.63) is 0 Å². The van der Waals surface area contributed by atoms with Crippen molar-refractivity contribution < 1.29 is 0 Å². The van der Waals surface area contributed by atoms with Gasteiger partial charge in [0.15, 0.2) is 0 Å². The summed E-state index contributed by atoms with van der Waals surface area (Å²) in [6.45, 7) is 10.5. The van der Waals surface area contributed by atoms with E-state index < -0.39 is 0 Å². The smallest absolute Gasteiger partial charge is 0.0223 e. The molecule has 0 saturated carbocycles. The first kappa shape index (κ1) is 13.2. The van der Waals surface area contributed by atoms with Crippen molar-refractivity contribution in [3.8, 4) is 0 Å². The minimum Gasteiger partial charge on any atom is -0.303 e. The summed E-state index contributed by atoms with van der Waals surface area (Å²) in [6.07, 6.45) is 3.74. The molecule has 0 fully saturated rings. The maximum atomic E-state index is 5.62. The number of rotatable bonds is 8. The second-order valence-electron chi connectivity index (χ2n) is 4.04. The van der Waals surface area contributed by atoms with E-state index in [4.69, 9.17) is 11.6 Å². The third kappa shape index (κ3) is 8.58. The summed E-state index contributed by atoms with van der Waals surface area (Å²) in [5.41, 5.74) is 0. The molecular weight excluding hydrogens is 182 g/mol. The number of unbranched alkanes of at least 4 members (excludes halogenated alkanes) is 2. The first-order valence-corrected chi connectivity index (χ1v) is 6.02. The summed E-state index contributed by atoms with van der Waals surface area (Å²) in [5.74, 6) is 1.60. The van der Waals surface area contributed by atoms with Crippen LogP contribution in [0.25, 0.3) is 0 Å². The molecule has 0 heterocycles. The Morgan fingerprint density at radius 2 is 1.85 bits per heavy atom. The van der Waals surface area contributed by atoms with Crippen LogP contribution >= 0.6 is 11.6 Å². The van der Waals surface area contributed by atoms with Gasteiger partial charge in [-0.05, 0) is 31.8 Å². The zero-order valence-electron chi connectivity index (χ0n) is 9.35. The maximum absolute atomic E-state index is 5.62. The zero-order valence-corrected chi connectivity index (χ0v) is 10.1. The average Bonchev–Trinajstić information content (AvgIpc) is 2.09. The molecule has 0 radical (unpaired) electrons. The summed E-state index contributed by atoms with van der Waals surface area (Å²) in [5, 5.41) is 0. The lowest BCUT2D eigenvalue weighted by Gasteiger charge is -2.22. The van der Waals surface area contributed by atoms with Crippen LogP contribution in [0.15, 0.2) is 0 Å². The van der Waals surface area contributed by atoms with Gasteiger partial charge in [0, 0.05) is 12.4 Å². The van der Waals surface area contributed by atoms with Crippen molar-refractivity contribution in [3.63, 3.8) is 0 Å². The molecule has 0 aliphatic carbocycles. The van der Waals surface area contributed by atoms with Gasteiger partial charge in [-0.3, -0.25) is 0 Å². The molecule has 0 N–H and O–H groups in total. The van der Waals surface area contributed by atoms with Crippen LogP contribution in [0.5, 0.6) is 0 Å². The highest BCUT2D eigenvalue weighted by molar-refractivity contribution is 6.17. The predicted octanol–water partition coefficient (Wildman–Crippen LogP) is 3.37. The minimum absolute atomic E-state index is 0.785. The van der Waals surface area contributed by atoms with E-state index in [0.29, 0.717) is 0 Å². The second-order valence-corrected chi connectivity index (χ2v) is 4.41. The third-order valence-electron chi connectivity index (χ3n) is 2.18. The molecule has 0 aromatic heterocycles. The van der Waals surface area contributed by atoms with Crippen LogP contribution < -0.4 is 0 Å². The van der Waals surface area contributed by atoms with E-state index in [-0.39, 0.29) is 0 Å². The molecule has 0 rings (SSSR count). The number of halogens is 1. The number of nitrogens with zero attached hydrogens (tertiary/aromatic N) is 1. The third-order valence-corrected chi connectivity index (χ3v) is 2.45. The van der Waals surface area contributed by atoms with Crippen LogP contribution in [-0.2, 0) is 0 Å². The van der Waals surface area contributed by atoms with Gasteiger partial charge in [-0.2, -0.15) is 0 Å². The Balaban J connectivity index is 3.36. The number of hydrogen-bond acceptors (Lipinski definition) is 1. The van der Waals surface area contributed by atoms with Gasteiger partial charge < -0.3 is 4.90 Å². The molecule has 0 aliphatic heterocycles. The topological polar surface area (TPSA) is 3.24 Å². The van der Waals surface area contributed by atoms with Crippen molar-refractivity contribution in [1.82, 2.24) is 4.90 Å². The summed E-state index contributed by atoms with van der Waals surface area (Å²) in [7, 11) is 0. The molecule has 0 aromatic carbocycles. The summed E-state index contributed by atoms with van der Waals surface area (Å²) in [4.78, 5) is 2.53. The van der Waals surface area contributed by atoms with E-state index in [1.54, 1.807) is 0 Å². The van der Waals surface area contributed by atoms with Gasteiger partial charge in [-0.1, -0.05) is 27.2 Å². The van der Waals surface area contributed by atoms with Crippen LogP contribution in [0.4, 0.5) is 0 Å². The maximum Gasteiger partial charge on any atom is 0.0223 e. The summed E-state index contributed by atoms with van der Waals surface area (Å²) >= 11 is 5.62. The SMILES string of the molecule is CCN(CCCCCCl)CC(C)C. The number of hydrogen-bond donors (Lipinski definition) is 0. The van der Waals surface area contributed by atoms with Gasteiger partial charge in [0.25, 0.3) is 0 Å². The highest BCUT2D eigenvalue weighted by Gasteiger charge is 2.03. The Bertz CT molecular complexity index is 104. The highest BCUT2D eigenvalue weighted by Crippen LogP contribution is 2.03. The summed E-state index contributed by atoms with van der Waals surface area (Å²) in [6, 6.07) is 0. The molecule has 1 nitrogen and oxygen atoms in total. The molecule has 0 unspecified atom stereocenters. The van der Waals surface area contributed by atoms with E-state index in [9.17, 15) is 0 Å². The van der Waals surface area contributed by atoms with E-state index in [1.807, 2.05) is 0 Å². The second kappa shape index (κ2) is 8.83. The molecule has 13 heavy (non-hydrogen) atoms. The van der Waals surface area contributed by atoms with Gasteiger partial charge >= 0.3 is 0 Å². The lowest BCUT2D eigenvalue weighted by molar-refractivity contribution is 0.251. The van der Waals surface area contributed by atoms with Crippen molar-refractivity contribution in [2.24, 2.45) is 5.92 Å². The molecule has 2 heteroatoms. The van der Waals surface area contributed by atoms with E-state index in [1.165, 1.54) is 38.9 Å². The van der Waals surface area contributed by atoms with Crippen molar-refractivity contribution >= 4 is 11.6 Å². The monoisotopic (exact) mass is 205 g/mol. The zero-order chi connectivity index (χ0) is 10.1. The van der Waals surface area contributed by atoms with Gasteiger partial charge in [0.05, 0.1) is 0 Å². The first-order valence-electron chi connectivity index (χ1n) is 5.49. The number of alkyl halides is 1. The van der Waals surface area contributed by atoms with Crippen LogP contribution in [0, 0.1) is 5.92 Å². The standard InChI is InChI=1S/C11H24ClN/c1-4-13(10-11(2)3)9-7-5-6-8-12/h11H,4-10H2,1-3H3. The highest BCUT2D eigenvalue weighted by atomic mass is 35.5. The van der Waals surface area contributed by atoms with Crippen molar-refractivity contribution in [2.45, 2.75) is 40.0 Å². The molecule has 80 valence electrons. The Morgan fingerprint density at radius 1 is 1.15 bits per heavy atom. The molecule has 0 spiro atoms.